The number of ether oxygens (including phenoxy) is 1. The number of amides is 3. The fourth-order valence-corrected chi connectivity index (χ4v) is 4.65. The summed E-state index contributed by atoms with van der Waals surface area (Å²) in [6, 6.07) is 8.91. The molecule has 2 aromatic heterocycles. The van der Waals surface area contributed by atoms with Crippen LogP contribution in [0.5, 0.6) is 0 Å². The minimum Gasteiger partial charge on any atom is -0.453 e. The highest BCUT2D eigenvalue weighted by Crippen LogP contribution is 2.32. The number of H-pyrrole nitrogens is 1. The van der Waals surface area contributed by atoms with Gasteiger partial charge in [-0.05, 0) is 52.9 Å². The quantitative estimate of drug-likeness (QED) is 0.182. The molecule has 43 heavy (non-hydrogen) atoms. The first-order valence-electron chi connectivity index (χ1n) is 12.9. The molecule has 5 rings (SSSR count). The first-order chi connectivity index (χ1) is 20.7. The molecule has 16 heteroatoms. The van der Waals surface area contributed by atoms with Gasteiger partial charge in [0.05, 0.1) is 55.0 Å². The number of halogens is 1. The van der Waals surface area contributed by atoms with Crippen LogP contribution in [0, 0.1) is 0 Å². The Kier molecular flexibility index (Phi) is 8.75. The van der Waals surface area contributed by atoms with Gasteiger partial charge in [-0.25, -0.2) is 9.78 Å². The van der Waals surface area contributed by atoms with Gasteiger partial charge in [0.1, 0.15) is 12.2 Å². The lowest BCUT2D eigenvalue weighted by Gasteiger charge is -2.24. The Balaban J connectivity index is 1.43. The lowest BCUT2D eigenvalue weighted by molar-refractivity contribution is -0.121. The predicted molar refractivity (Wildman–Crippen MR) is 154 cm³/mol. The van der Waals surface area contributed by atoms with Crippen molar-refractivity contribution < 1.29 is 29.3 Å². The average molecular weight is 608 g/mol. The minimum absolute atomic E-state index is 0.150. The number of aromatic amines is 1. The van der Waals surface area contributed by atoms with E-state index < -0.39 is 42.6 Å². The standard InChI is InChI=1S/C27H26ClN9O6/c1-43-27(42)31-16-4-5-17-18(9-16)32-25(41)11-23(39)22(38)10-19(26-29-12-20(17)34-26)33-24(40)7-2-14-8-15(28)3-6-21(14)37-13-30-35-36-37/h2-9,12-13,19,22-23,38-39H,10-11H2,1H3,(H,29,34)(H,31,42)(H,32,41)(H,33,40)/b7-2+/t19-,22?,23?/m0/s1. The molecule has 2 aromatic carbocycles. The van der Waals surface area contributed by atoms with E-state index in [2.05, 4.69) is 46.2 Å². The number of carbonyl (C=O) groups is 3. The van der Waals surface area contributed by atoms with Gasteiger partial charge in [-0.15, -0.1) is 5.10 Å². The van der Waals surface area contributed by atoms with E-state index >= 15 is 0 Å². The van der Waals surface area contributed by atoms with E-state index in [0.717, 1.165) is 0 Å². The number of fused-ring (bicyclic) bond motifs is 4. The van der Waals surface area contributed by atoms with Crippen LogP contribution in [0.15, 0.2) is 55.0 Å². The number of nitrogens with zero attached hydrogens (tertiary/aromatic N) is 5. The van der Waals surface area contributed by atoms with Gasteiger partial charge in [-0.1, -0.05) is 11.6 Å². The summed E-state index contributed by atoms with van der Waals surface area (Å²) in [6.07, 6.45) is 1.61. The van der Waals surface area contributed by atoms with Crippen molar-refractivity contribution in [1.29, 1.82) is 0 Å². The van der Waals surface area contributed by atoms with Crippen LogP contribution in [-0.4, -0.2) is 77.6 Å². The molecule has 222 valence electrons. The second-order valence-electron chi connectivity index (χ2n) is 9.53. The van der Waals surface area contributed by atoms with E-state index in [1.165, 1.54) is 42.5 Å². The molecule has 6 N–H and O–H groups in total. The molecule has 3 atom stereocenters. The molecule has 0 fully saturated rings. The molecule has 0 radical (unpaired) electrons. The van der Waals surface area contributed by atoms with Crippen LogP contribution in [0.25, 0.3) is 23.0 Å². The first-order valence-corrected chi connectivity index (χ1v) is 13.3. The van der Waals surface area contributed by atoms with Gasteiger partial charge in [-0.3, -0.25) is 14.9 Å². The molecule has 0 saturated heterocycles. The third-order valence-electron chi connectivity index (χ3n) is 6.57. The number of hydrogen-bond donors (Lipinski definition) is 6. The SMILES string of the molecule is COC(=O)Nc1ccc2c(c1)NC(=O)CC(O)C(O)C[C@H](NC(=O)/C=C/c1cc(Cl)ccc1-n1cnnn1)c1ncc-2[nH]1. The van der Waals surface area contributed by atoms with Gasteiger partial charge < -0.3 is 30.6 Å². The fourth-order valence-electron chi connectivity index (χ4n) is 4.47. The van der Waals surface area contributed by atoms with Crippen LogP contribution in [0.3, 0.4) is 0 Å². The van der Waals surface area contributed by atoms with Crippen molar-refractivity contribution in [2.75, 3.05) is 17.7 Å². The molecule has 3 heterocycles. The fraction of sp³-hybridized carbons (Fsp3) is 0.222. The number of aliphatic hydroxyl groups is 2. The molecule has 15 nitrogen and oxygen atoms in total. The van der Waals surface area contributed by atoms with E-state index in [9.17, 15) is 24.6 Å². The number of benzene rings is 2. The molecule has 2 unspecified atom stereocenters. The van der Waals surface area contributed by atoms with E-state index in [4.69, 9.17) is 11.6 Å². The number of aliphatic hydroxyl groups excluding tert-OH is 2. The summed E-state index contributed by atoms with van der Waals surface area (Å²) in [7, 11) is 1.22. The Morgan fingerprint density at radius 1 is 1.19 bits per heavy atom. The molecule has 1 aliphatic rings. The van der Waals surface area contributed by atoms with Crippen LogP contribution in [0.2, 0.25) is 5.02 Å². The Morgan fingerprint density at radius 3 is 2.79 bits per heavy atom. The van der Waals surface area contributed by atoms with Crippen molar-refractivity contribution in [3.05, 3.63) is 71.4 Å². The first kappa shape index (κ1) is 29.4. The number of imidazole rings is 1. The largest absolute Gasteiger partial charge is 0.453 e. The smallest absolute Gasteiger partial charge is 0.411 e. The van der Waals surface area contributed by atoms with Gasteiger partial charge >= 0.3 is 6.09 Å². The highest BCUT2D eigenvalue weighted by molar-refractivity contribution is 6.30. The normalized spacial score (nSPS) is 18.6. The molecular weight excluding hydrogens is 582 g/mol. The summed E-state index contributed by atoms with van der Waals surface area (Å²) >= 11 is 6.16. The van der Waals surface area contributed by atoms with E-state index in [-0.39, 0.29) is 6.42 Å². The van der Waals surface area contributed by atoms with Gasteiger partial charge in [0, 0.05) is 34.3 Å². The molecule has 3 amide bonds. The Morgan fingerprint density at radius 2 is 2.02 bits per heavy atom. The average Bonchev–Trinajstić information content (AvgIpc) is 3.68. The maximum absolute atomic E-state index is 13.1. The number of carbonyl (C=O) groups excluding carboxylic acids is 3. The maximum atomic E-state index is 13.1. The second kappa shape index (κ2) is 12.8. The number of tetrazole rings is 1. The molecular formula is C27H26ClN9O6. The minimum atomic E-state index is -1.45. The van der Waals surface area contributed by atoms with Crippen molar-refractivity contribution in [3.8, 4) is 16.9 Å². The number of methoxy groups -OCH3 is 1. The highest BCUT2D eigenvalue weighted by Gasteiger charge is 2.28. The van der Waals surface area contributed by atoms with Crippen LogP contribution < -0.4 is 16.0 Å². The Bertz CT molecular complexity index is 1670. The summed E-state index contributed by atoms with van der Waals surface area (Å²) in [4.78, 5) is 45.1. The predicted octanol–water partition coefficient (Wildman–Crippen LogP) is 2.21. The van der Waals surface area contributed by atoms with Crippen LogP contribution >= 0.6 is 11.6 Å². The highest BCUT2D eigenvalue weighted by atomic mass is 35.5. The van der Waals surface area contributed by atoms with Crippen molar-refractivity contribution in [2.45, 2.75) is 31.1 Å². The van der Waals surface area contributed by atoms with Crippen LogP contribution in [0.1, 0.15) is 30.3 Å². The summed E-state index contributed by atoms with van der Waals surface area (Å²) in [5.41, 5.74) is 2.82. The van der Waals surface area contributed by atoms with E-state index in [0.29, 0.717) is 44.7 Å². The van der Waals surface area contributed by atoms with E-state index in [1.807, 2.05) is 0 Å². The summed E-state index contributed by atoms with van der Waals surface area (Å²) in [5, 5.41) is 40.9. The Hall–Kier alpha value is -5.12. The zero-order valence-electron chi connectivity index (χ0n) is 22.6. The van der Waals surface area contributed by atoms with Gasteiger partial charge in [-0.2, -0.15) is 4.68 Å². The lowest BCUT2D eigenvalue weighted by Crippen LogP contribution is -2.36. The molecule has 0 saturated carbocycles. The van der Waals surface area contributed by atoms with Crippen molar-refractivity contribution in [2.24, 2.45) is 0 Å². The number of nitrogens with one attached hydrogen (secondary N) is 4. The third kappa shape index (κ3) is 7.03. The van der Waals surface area contributed by atoms with Gasteiger partial charge in [0.25, 0.3) is 0 Å². The second-order valence-corrected chi connectivity index (χ2v) is 9.97. The molecule has 4 aromatic rings. The Labute approximate surface area is 248 Å². The van der Waals surface area contributed by atoms with Crippen molar-refractivity contribution >= 4 is 47.0 Å². The maximum Gasteiger partial charge on any atom is 0.411 e. The van der Waals surface area contributed by atoms with Gasteiger partial charge in [0.15, 0.2) is 0 Å². The lowest BCUT2D eigenvalue weighted by atomic mass is 10.0. The molecule has 0 aliphatic carbocycles. The van der Waals surface area contributed by atoms with Crippen molar-refractivity contribution in [3.63, 3.8) is 0 Å². The van der Waals surface area contributed by atoms with Gasteiger partial charge in [0.2, 0.25) is 11.8 Å². The number of aromatic nitrogens is 6. The summed E-state index contributed by atoms with van der Waals surface area (Å²) in [6.45, 7) is 0. The summed E-state index contributed by atoms with van der Waals surface area (Å²) in [5.74, 6) is -0.808. The molecule has 0 spiro atoms. The number of hydrogen-bond acceptors (Lipinski definition) is 10. The van der Waals surface area contributed by atoms with Crippen LogP contribution in [0.4, 0.5) is 16.2 Å². The molecule has 1 aliphatic heterocycles. The zero-order valence-corrected chi connectivity index (χ0v) is 23.3. The zero-order chi connectivity index (χ0) is 30.5. The number of rotatable bonds is 5. The summed E-state index contributed by atoms with van der Waals surface area (Å²) < 4.78 is 6.05. The monoisotopic (exact) mass is 607 g/mol. The molecule has 2 bridgehead atoms. The van der Waals surface area contributed by atoms with Crippen LogP contribution in [-0.2, 0) is 14.3 Å². The topological polar surface area (TPSA) is 209 Å². The third-order valence-corrected chi connectivity index (χ3v) is 6.81. The van der Waals surface area contributed by atoms with E-state index in [1.54, 1.807) is 30.3 Å². The number of anilines is 2. The van der Waals surface area contributed by atoms with Crippen molar-refractivity contribution in [1.82, 2.24) is 35.5 Å².